The molecule has 2 amide bonds. The third-order valence-corrected chi connectivity index (χ3v) is 3.89. The van der Waals surface area contributed by atoms with Gasteiger partial charge < -0.3 is 20.1 Å². The standard InChI is InChI=1S/C16H20N2O5/c1-23-15(21)13-3-2-8-18(10-13)16(22)17-9-11-4-6-12(7-5-11)14(19)20/h4-7,13H,2-3,8-10H2,1H3,(H,17,22)(H,19,20). The first-order valence-electron chi connectivity index (χ1n) is 7.44. The molecule has 0 spiro atoms. The molecule has 0 bridgehead atoms. The number of carbonyl (C=O) groups is 3. The highest BCUT2D eigenvalue weighted by Crippen LogP contribution is 2.17. The Kier molecular flexibility index (Phi) is 5.56. The quantitative estimate of drug-likeness (QED) is 0.819. The molecule has 1 unspecified atom stereocenters. The summed E-state index contributed by atoms with van der Waals surface area (Å²) in [6.45, 7) is 1.27. The van der Waals surface area contributed by atoms with Gasteiger partial charge in [0.05, 0.1) is 18.6 Å². The fourth-order valence-corrected chi connectivity index (χ4v) is 2.58. The zero-order chi connectivity index (χ0) is 16.8. The van der Waals surface area contributed by atoms with E-state index in [2.05, 4.69) is 5.32 Å². The Balaban J connectivity index is 1.86. The zero-order valence-corrected chi connectivity index (χ0v) is 12.9. The van der Waals surface area contributed by atoms with Gasteiger partial charge in [-0.25, -0.2) is 9.59 Å². The first kappa shape index (κ1) is 16.8. The number of hydrogen-bond acceptors (Lipinski definition) is 4. The minimum absolute atomic E-state index is 0.206. The molecule has 124 valence electrons. The molecule has 1 aromatic carbocycles. The predicted octanol–water partition coefficient (Wildman–Crippen LogP) is 1.48. The van der Waals surface area contributed by atoms with E-state index in [1.54, 1.807) is 17.0 Å². The highest BCUT2D eigenvalue weighted by molar-refractivity contribution is 5.87. The Hall–Kier alpha value is -2.57. The Morgan fingerprint density at radius 3 is 2.61 bits per heavy atom. The second-order valence-electron chi connectivity index (χ2n) is 5.47. The summed E-state index contributed by atoms with van der Waals surface area (Å²) in [5.74, 6) is -1.54. The number of esters is 1. The molecular formula is C16H20N2O5. The summed E-state index contributed by atoms with van der Waals surface area (Å²) in [7, 11) is 1.35. The lowest BCUT2D eigenvalue weighted by Gasteiger charge is -2.31. The molecule has 23 heavy (non-hydrogen) atoms. The number of urea groups is 1. The third kappa shape index (κ3) is 4.45. The number of hydrogen-bond donors (Lipinski definition) is 2. The largest absolute Gasteiger partial charge is 0.478 e. The van der Waals surface area contributed by atoms with Crippen LogP contribution in [-0.4, -0.2) is 48.2 Å². The van der Waals surface area contributed by atoms with E-state index in [-0.39, 0.29) is 23.5 Å². The van der Waals surface area contributed by atoms with Gasteiger partial charge in [0.2, 0.25) is 0 Å². The second kappa shape index (κ2) is 7.62. The average Bonchev–Trinajstić information content (AvgIpc) is 2.59. The van der Waals surface area contributed by atoms with E-state index in [0.29, 0.717) is 19.6 Å². The number of ether oxygens (including phenoxy) is 1. The van der Waals surface area contributed by atoms with Crippen molar-refractivity contribution >= 4 is 18.0 Å². The highest BCUT2D eigenvalue weighted by atomic mass is 16.5. The minimum Gasteiger partial charge on any atom is -0.478 e. The number of nitrogens with one attached hydrogen (secondary N) is 1. The summed E-state index contributed by atoms with van der Waals surface area (Å²) in [6.07, 6.45) is 1.49. The molecule has 0 saturated carbocycles. The molecule has 1 fully saturated rings. The van der Waals surface area contributed by atoms with Crippen molar-refractivity contribution < 1.29 is 24.2 Å². The van der Waals surface area contributed by atoms with Gasteiger partial charge in [-0.15, -0.1) is 0 Å². The maximum atomic E-state index is 12.2. The number of methoxy groups -OCH3 is 1. The second-order valence-corrected chi connectivity index (χ2v) is 5.47. The van der Waals surface area contributed by atoms with Crippen molar-refractivity contribution in [3.63, 3.8) is 0 Å². The molecule has 1 atom stereocenters. The van der Waals surface area contributed by atoms with Crippen LogP contribution in [0.25, 0.3) is 0 Å². The molecular weight excluding hydrogens is 300 g/mol. The molecule has 1 saturated heterocycles. The van der Waals surface area contributed by atoms with Crippen molar-refractivity contribution in [3.05, 3.63) is 35.4 Å². The van der Waals surface area contributed by atoms with E-state index >= 15 is 0 Å². The zero-order valence-electron chi connectivity index (χ0n) is 12.9. The number of carbonyl (C=O) groups excluding carboxylic acids is 2. The molecule has 0 radical (unpaired) electrons. The van der Waals surface area contributed by atoms with Crippen LogP contribution in [0.2, 0.25) is 0 Å². The van der Waals surface area contributed by atoms with E-state index in [4.69, 9.17) is 9.84 Å². The number of benzene rings is 1. The lowest BCUT2D eigenvalue weighted by molar-refractivity contribution is -0.146. The number of nitrogens with zero attached hydrogens (tertiary/aromatic N) is 1. The normalized spacial score (nSPS) is 17.4. The average molecular weight is 320 g/mol. The molecule has 2 N–H and O–H groups in total. The van der Waals surface area contributed by atoms with Crippen LogP contribution in [0.5, 0.6) is 0 Å². The molecule has 1 aromatic rings. The van der Waals surface area contributed by atoms with Crippen LogP contribution in [0, 0.1) is 5.92 Å². The highest BCUT2D eigenvalue weighted by Gasteiger charge is 2.28. The Bertz CT molecular complexity index is 585. The van der Waals surface area contributed by atoms with Crippen molar-refractivity contribution in [3.8, 4) is 0 Å². The molecule has 1 aliphatic heterocycles. The van der Waals surface area contributed by atoms with Crippen LogP contribution < -0.4 is 5.32 Å². The Morgan fingerprint density at radius 1 is 1.30 bits per heavy atom. The van der Waals surface area contributed by atoms with Crippen LogP contribution in [0.3, 0.4) is 0 Å². The summed E-state index contributed by atoms with van der Waals surface area (Å²) in [6, 6.07) is 6.09. The number of carboxylic acid groups (broad SMARTS) is 1. The topological polar surface area (TPSA) is 95.9 Å². The molecule has 0 aliphatic carbocycles. The van der Waals surface area contributed by atoms with Crippen molar-refractivity contribution in [1.29, 1.82) is 0 Å². The van der Waals surface area contributed by atoms with Crippen molar-refractivity contribution in [1.82, 2.24) is 10.2 Å². The van der Waals surface area contributed by atoms with E-state index in [1.807, 2.05) is 0 Å². The van der Waals surface area contributed by atoms with E-state index < -0.39 is 5.97 Å². The van der Waals surface area contributed by atoms with Crippen LogP contribution in [0.15, 0.2) is 24.3 Å². The van der Waals surface area contributed by atoms with Crippen LogP contribution in [0.1, 0.15) is 28.8 Å². The number of piperidine rings is 1. The molecule has 7 heteroatoms. The fourth-order valence-electron chi connectivity index (χ4n) is 2.58. The number of carboxylic acids is 1. The van der Waals surface area contributed by atoms with Gasteiger partial charge in [-0.2, -0.15) is 0 Å². The summed E-state index contributed by atoms with van der Waals surface area (Å²) in [5, 5.41) is 11.6. The Labute approximate surface area is 134 Å². The lowest BCUT2D eigenvalue weighted by Crippen LogP contribution is -2.47. The first-order chi connectivity index (χ1) is 11.0. The summed E-state index contributed by atoms with van der Waals surface area (Å²) >= 11 is 0. The van der Waals surface area contributed by atoms with E-state index in [1.165, 1.54) is 19.2 Å². The number of likely N-dealkylation sites (tertiary alicyclic amines) is 1. The van der Waals surface area contributed by atoms with Crippen molar-refractivity contribution in [2.75, 3.05) is 20.2 Å². The van der Waals surface area contributed by atoms with Crippen LogP contribution in [-0.2, 0) is 16.1 Å². The van der Waals surface area contributed by atoms with Crippen molar-refractivity contribution in [2.45, 2.75) is 19.4 Å². The van der Waals surface area contributed by atoms with Gasteiger partial charge in [-0.05, 0) is 30.5 Å². The van der Waals surface area contributed by atoms with Crippen LogP contribution >= 0.6 is 0 Å². The van der Waals surface area contributed by atoms with Gasteiger partial charge in [0.1, 0.15) is 0 Å². The summed E-state index contributed by atoms with van der Waals surface area (Å²) < 4.78 is 4.73. The van der Waals surface area contributed by atoms with Gasteiger partial charge in [0, 0.05) is 19.6 Å². The predicted molar refractivity (Wildman–Crippen MR) is 82.0 cm³/mol. The van der Waals surface area contributed by atoms with Crippen LogP contribution in [0.4, 0.5) is 4.79 Å². The maximum Gasteiger partial charge on any atom is 0.335 e. The summed E-state index contributed by atoms with van der Waals surface area (Å²) in [5.41, 5.74) is 1.02. The number of aromatic carboxylic acids is 1. The fraction of sp³-hybridized carbons (Fsp3) is 0.438. The monoisotopic (exact) mass is 320 g/mol. The SMILES string of the molecule is COC(=O)C1CCCN(C(=O)NCc2ccc(C(=O)O)cc2)C1. The smallest absolute Gasteiger partial charge is 0.335 e. The molecule has 7 nitrogen and oxygen atoms in total. The Morgan fingerprint density at radius 2 is 2.00 bits per heavy atom. The van der Waals surface area contributed by atoms with Gasteiger partial charge >= 0.3 is 18.0 Å². The maximum absolute atomic E-state index is 12.2. The minimum atomic E-state index is -0.984. The van der Waals surface area contributed by atoms with Gasteiger partial charge in [-0.3, -0.25) is 4.79 Å². The molecule has 2 rings (SSSR count). The van der Waals surface area contributed by atoms with Gasteiger partial charge in [0.15, 0.2) is 0 Å². The summed E-state index contributed by atoms with van der Waals surface area (Å²) in [4.78, 5) is 36.1. The molecule has 1 heterocycles. The van der Waals surface area contributed by atoms with Crippen molar-refractivity contribution in [2.24, 2.45) is 5.92 Å². The van der Waals surface area contributed by atoms with Gasteiger partial charge in [-0.1, -0.05) is 12.1 Å². The van der Waals surface area contributed by atoms with E-state index in [0.717, 1.165) is 18.4 Å². The number of amides is 2. The lowest BCUT2D eigenvalue weighted by atomic mass is 9.98. The molecule has 1 aliphatic rings. The third-order valence-electron chi connectivity index (χ3n) is 3.89. The first-order valence-corrected chi connectivity index (χ1v) is 7.44. The molecule has 0 aromatic heterocycles. The number of rotatable bonds is 4. The van der Waals surface area contributed by atoms with E-state index in [9.17, 15) is 14.4 Å². The van der Waals surface area contributed by atoms with Gasteiger partial charge in [0.25, 0.3) is 0 Å².